The second-order valence-corrected chi connectivity index (χ2v) is 8.16. The lowest BCUT2D eigenvalue weighted by molar-refractivity contribution is 0.438. The first-order valence-electron chi connectivity index (χ1n) is 6.58. The van der Waals surface area contributed by atoms with E-state index in [2.05, 4.69) is 10.0 Å². The molecule has 0 aromatic carbocycles. The van der Waals surface area contributed by atoms with Crippen LogP contribution in [0.3, 0.4) is 0 Å². The van der Waals surface area contributed by atoms with Crippen LogP contribution in [0.1, 0.15) is 37.6 Å². The molecule has 0 radical (unpaired) electrons. The summed E-state index contributed by atoms with van der Waals surface area (Å²) >= 11 is 1.34. The lowest BCUT2D eigenvalue weighted by atomic mass is 10.0. The van der Waals surface area contributed by atoms with Gasteiger partial charge in [-0.2, -0.15) is 0 Å². The smallest absolute Gasteiger partial charge is 0.250 e. The molecule has 6 heteroatoms. The van der Waals surface area contributed by atoms with Gasteiger partial charge in [-0.1, -0.05) is 20.8 Å². The molecule has 1 aromatic heterocycles. The number of hydrogen-bond donors (Lipinski definition) is 2. The maximum atomic E-state index is 12.4. The van der Waals surface area contributed by atoms with Gasteiger partial charge in [0.2, 0.25) is 10.0 Å². The van der Waals surface area contributed by atoms with Crippen molar-refractivity contribution in [2.24, 2.45) is 5.92 Å². The van der Waals surface area contributed by atoms with Crippen LogP contribution in [0.4, 0.5) is 0 Å². The summed E-state index contributed by atoms with van der Waals surface area (Å²) < 4.78 is 27.9. The van der Waals surface area contributed by atoms with Gasteiger partial charge in [0.15, 0.2) is 0 Å². The summed E-state index contributed by atoms with van der Waals surface area (Å²) in [5, 5.41) is 3.05. The topological polar surface area (TPSA) is 58.2 Å². The van der Waals surface area contributed by atoms with Crippen LogP contribution >= 0.6 is 11.3 Å². The molecule has 0 fully saturated rings. The van der Waals surface area contributed by atoms with Crippen molar-refractivity contribution in [2.45, 2.75) is 50.9 Å². The summed E-state index contributed by atoms with van der Waals surface area (Å²) in [6.07, 6.45) is 0.796. The van der Waals surface area contributed by atoms with E-state index in [9.17, 15) is 8.42 Å². The SMILES string of the molecule is CCC(NS(=O)(=O)c1cc(C)c(CNC)s1)C(C)C. The highest BCUT2D eigenvalue weighted by Crippen LogP contribution is 2.26. The van der Waals surface area contributed by atoms with E-state index >= 15 is 0 Å². The van der Waals surface area contributed by atoms with E-state index in [1.165, 1.54) is 11.3 Å². The predicted octanol–water partition coefficient (Wildman–Crippen LogP) is 2.49. The van der Waals surface area contributed by atoms with E-state index in [0.29, 0.717) is 10.8 Å². The van der Waals surface area contributed by atoms with Crippen molar-refractivity contribution in [3.63, 3.8) is 0 Å². The highest BCUT2D eigenvalue weighted by atomic mass is 32.2. The summed E-state index contributed by atoms with van der Waals surface area (Å²) in [4.78, 5) is 1.07. The van der Waals surface area contributed by atoms with Crippen LogP contribution in [0.5, 0.6) is 0 Å². The van der Waals surface area contributed by atoms with E-state index in [4.69, 9.17) is 0 Å². The zero-order valence-electron chi connectivity index (χ0n) is 12.3. The van der Waals surface area contributed by atoms with Crippen LogP contribution in [0.2, 0.25) is 0 Å². The Bertz CT molecular complexity index is 507. The van der Waals surface area contributed by atoms with Crippen LogP contribution in [0.15, 0.2) is 10.3 Å². The van der Waals surface area contributed by atoms with Crippen molar-refractivity contribution in [3.05, 3.63) is 16.5 Å². The lowest BCUT2D eigenvalue weighted by Gasteiger charge is -2.19. The fraction of sp³-hybridized carbons (Fsp3) is 0.692. The maximum absolute atomic E-state index is 12.4. The highest BCUT2D eigenvalue weighted by Gasteiger charge is 2.23. The van der Waals surface area contributed by atoms with Crippen LogP contribution in [0, 0.1) is 12.8 Å². The quantitative estimate of drug-likeness (QED) is 0.813. The van der Waals surface area contributed by atoms with Crippen molar-refractivity contribution < 1.29 is 8.42 Å². The minimum absolute atomic E-state index is 0.0137. The average Bonchev–Trinajstić information content (AvgIpc) is 2.69. The second kappa shape index (κ2) is 6.83. The molecular weight excluding hydrogens is 280 g/mol. The second-order valence-electron chi connectivity index (χ2n) is 5.08. The number of thiophene rings is 1. The predicted molar refractivity (Wildman–Crippen MR) is 81.1 cm³/mol. The Morgan fingerprint density at radius 2 is 2.00 bits per heavy atom. The van der Waals surface area contributed by atoms with Gasteiger partial charge in [0.05, 0.1) is 0 Å². The molecule has 4 nitrogen and oxygen atoms in total. The van der Waals surface area contributed by atoms with Gasteiger partial charge in [-0.05, 0) is 37.9 Å². The van der Waals surface area contributed by atoms with E-state index in [1.54, 1.807) is 6.07 Å². The number of sulfonamides is 1. The molecule has 1 heterocycles. The molecular formula is C13H24N2O2S2. The van der Waals surface area contributed by atoms with E-state index in [0.717, 1.165) is 16.9 Å². The first-order chi connectivity index (χ1) is 8.81. The van der Waals surface area contributed by atoms with Crippen molar-refractivity contribution in [3.8, 4) is 0 Å². The minimum Gasteiger partial charge on any atom is -0.315 e. The Morgan fingerprint density at radius 3 is 2.47 bits per heavy atom. The molecule has 0 aliphatic rings. The molecule has 0 spiro atoms. The van der Waals surface area contributed by atoms with Gasteiger partial charge in [0.1, 0.15) is 4.21 Å². The van der Waals surface area contributed by atoms with Gasteiger partial charge in [-0.15, -0.1) is 11.3 Å². The standard InChI is InChI=1S/C13H24N2O2S2/c1-6-11(9(2)3)15-19(16,17)13-7-10(4)12(18-13)8-14-5/h7,9,11,14-15H,6,8H2,1-5H3. The molecule has 0 amide bonds. The summed E-state index contributed by atoms with van der Waals surface area (Å²) in [5.74, 6) is 0.289. The maximum Gasteiger partial charge on any atom is 0.250 e. The van der Waals surface area contributed by atoms with Crippen LogP contribution in [-0.2, 0) is 16.6 Å². The van der Waals surface area contributed by atoms with Gasteiger partial charge >= 0.3 is 0 Å². The Kier molecular flexibility index (Phi) is 5.98. The highest BCUT2D eigenvalue weighted by molar-refractivity contribution is 7.91. The zero-order chi connectivity index (χ0) is 14.6. The Labute approximate surface area is 120 Å². The Morgan fingerprint density at radius 1 is 1.37 bits per heavy atom. The third-order valence-corrected chi connectivity index (χ3v) is 6.35. The van der Waals surface area contributed by atoms with Crippen LogP contribution in [-0.4, -0.2) is 21.5 Å². The van der Waals surface area contributed by atoms with Gasteiger partial charge in [0.25, 0.3) is 0 Å². The molecule has 0 saturated heterocycles. The van der Waals surface area contributed by atoms with Crippen molar-refractivity contribution in [2.75, 3.05) is 7.05 Å². The van der Waals surface area contributed by atoms with Crippen LogP contribution in [0.25, 0.3) is 0 Å². The molecule has 1 atom stereocenters. The van der Waals surface area contributed by atoms with Gasteiger partial charge in [-0.25, -0.2) is 13.1 Å². The number of hydrogen-bond acceptors (Lipinski definition) is 4. The monoisotopic (exact) mass is 304 g/mol. The molecule has 0 aliphatic carbocycles. The largest absolute Gasteiger partial charge is 0.315 e. The van der Waals surface area contributed by atoms with E-state index in [1.807, 2.05) is 34.7 Å². The van der Waals surface area contributed by atoms with Gasteiger partial charge in [-0.3, -0.25) is 0 Å². The zero-order valence-corrected chi connectivity index (χ0v) is 13.9. The fourth-order valence-corrected chi connectivity index (χ4v) is 4.99. The molecule has 0 bridgehead atoms. The van der Waals surface area contributed by atoms with Gasteiger partial charge in [0, 0.05) is 17.5 Å². The summed E-state index contributed by atoms with van der Waals surface area (Å²) in [6, 6.07) is 1.74. The first-order valence-corrected chi connectivity index (χ1v) is 8.88. The molecule has 0 aliphatic heterocycles. The van der Waals surface area contributed by atoms with E-state index < -0.39 is 10.0 Å². The third-order valence-electron chi connectivity index (χ3n) is 3.15. The molecule has 2 N–H and O–H groups in total. The fourth-order valence-electron chi connectivity index (χ4n) is 1.91. The Hall–Kier alpha value is -0.430. The number of nitrogens with one attached hydrogen (secondary N) is 2. The molecule has 1 aromatic rings. The average molecular weight is 304 g/mol. The lowest BCUT2D eigenvalue weighted by Crippen LogP contribution is -2.37. The first kappa shape index (κ1) is 16.6. The molecule has 110 valence electrons. The van der Waals surface area contributed by atoms with Gasteiger partial charge < -0.3 is 5.32 Å². The van der Waals surface area contributed by atoms with E-state index in [-0.39, 0.29) is 12.0 Å². The normalized spacial score (nSPS) is 14.0. The molecule has 0 saturated carbocycles. The number of aryl methyl sites for hydroxylation is 1. The van der Waals surface area contributed by atoms with Crippen molar-refractivity contribution in [1.29, 1.82) is 0 Å². The summed E-state index contributed by atoms with van der Waals surface area (Å²) in [6.45, 7) is 8.71. The molecule has 19 heavy (non-hydrogen) atoms. The summed E-state index contributed by atoms with van der Waals surface area (Å²) in [7, 11) is -1.54. The Balaban J connectivity index is 2.97. The minimum atomic E-state index is -3.40. The number of rotatable bonds is 7. The van der Waals surface area contributed by atoms with Crippen molar-refractivity contribution in [1.82, 2.24) is 10.0 Å². The third kappa shape index (κ3) is 4.27. The summed E-state index contributed by atoms with van der Waals surface area (Å²) in [5.41, 5.74) is 1.03. The van der Waals surface area contributed by atoms with Crippen molar-refractivity contribution >= 4 is 21.4 Å². The molecule has 1 unspecified atom stereocenters. The molecule has 1 rings (SSSR count). The van der Waals surface area contributed by atoms with Crippen LogP contribution < -0.4 is 10.0 Å².